The second kappa shape index (κ2) is 6.64. The number of rotatable bonds is 2. The van der Waals surface area contributed by atoms with Crippen molar-refractivity contribution in [1.82, 2.24) is 4.98 Å². The van der Waals surface area contributed by atoms with Crippen LogP contribution in [0.15, 0.2) is 66.7 Å². The molecule has 0 bridgehead atoms. The number of aromatic nitrogens is 1. The molecule has 4 rings (SSSR count). The lowest BCUT2D eigenvalue weighted by molar-refractivity contribution is -0.137. The topological polar surface area (TPSA) is 39.2 Å². The predicted molar refractivity (Wildman–Crippen MR) is 101 cm³/mol. The predicted octanol–water partition coefficient (Wildman–Crippen LogP) is 5.86. The van der Waals surface area contributed by atoms with E-state index in [1.54, 1.807) is 36.4 Å². The van der Waals surface area contributed by atoms with E-state index in [1.165, 1.54) is 13.2 Å². The van der Waals surface area contributed by atoms with Crippen molar-refractivity contribution in [2.24, 2.45) is 0 Å². The van der Waals surface area contributed by atoms with Gasteiger partial charge in [-0.05, 0) is 42.0 Å². The van der Waals surface area contributed by atoms with Gasteiger partial charge in [0.15, 0.2) is 0 Å². The summed E-state index contributed by atoms with van der Waals surface area (Å²) >= 11 is 0. The molecule has 3 aromatic carbocycles. The minimum atomic E-state index is -4.41. The maximum atomic E-state index is 13.1. The van der Waals surface area contributed by atoms with E-state index in [4.69, 9.17) is 4.74 Å². The number of pyridine rings is 1. The molecule has 1 heterocycles. The number of carbonyl (C=O) groups excluding carboxylic acids is 1. The molecule has 0 radical (unpaired) electrons. The van der Waals surface area contributed by atoms with Gasteiger partial charge in [0.25, 0.3) is 0 Å². The van der Waals surface area contributed by atoms with Crippen molar-refractivity contribution in [3.8, 4) is 11.1 Å². The molecule has 28 heavy (non-hydrogen) atoms. The first-order valence-electron chi connectivity index (χ1n) is 8.46. The number of hydrogen-bond acceptors (Lipinski definition) is 3. The standard InChI is InChI=1S/C22H14F3NO2/c1-28-21(27)15-8-9-19-16(11-15)10-14-5-3-7-18(20(14)26-19)13-4-2-6-17(12-13)22(23,24)25/h2-12H,1H3. The Balaban J connectivity index is 1.91. The van der Waals surface area contributed by atoms with Crippen molar-refractivity contribution in [2.75, 3.05) is 7.11 Å². The molecule has 0 spiro atoms. The van der Waals surface area contributed by atoms with Gasteiger partial charge < -0.3 is 4.74 Å². The second-order valence-corrected chi connectivity index (χ2v) is 6.34. The highest BCUT2D eigenvalue weighted by Gasteiger charge is 2.30. The van der Waals surface area contributed by atoms with Crippen LogP contribution in [0.4, 0.5) is 13.2 Å². The number of ether oxygens (including phenoxy) is 1. The maximum Gasteiger partial charge on any atom is 0.416 e. The number of esters is 1. The molecule has 0 atom stereocenters. The molecule has 0 aliphatic heterocycles. The van der Waals surface area contributed by atoms with Crippen LogP contribution in [0.5, 0.6) is 0 Å². The van der Waals surface area contributed by atoms with Gasteiger partial charge in [-0.2, -0.15) is 13.2 Å². The number of alkyl halides is 3. The third-order valence-corrected chi connectivity index (χ3v) is 4.56. The van der Waals surface area contributed by atoms with Gasteiger partial charge in [0.2, 0.25) is 0 Å². The minimum Gasteiger partial charge on any atom is -0.465 e. The zero-order valence-electron chi connectivity index (χ0n) is 14.7. The summed E-state index contributed by atoms with van der Waals surface area (Å²) in [5.41, 5.74) is 2.00. The lowest BCUT2D eigenvalue weighted by Gasteiger charge is -2.11. The Bertz CT molecular complexity index is 1220. The van der Waals surface area contributed by atoms with Crippen LogP contribution in [0.2, 0.25) is 0 Å². The van der Waals surface area contributed by atoms with Gasteiger partial charge in [0.1, 0.15) is 0 Å². The Morgan fingerprint density at radius 3 is 2.46 bits per heavy atom. The first-order chi connectivity index (χ1) is 13.4. The number of fused-ring (bicyclic) bond motifs is 2. The highest BCUT2D eigenvalue weighted by Crippen LogP contribution is 2.34. The number of methoxy groups -OCH3 is 1. The molecular weight excluding hydrogens is 367 g/mol. The van der Waals surface area contributed by atoms with Crippen LogP contribution in [0, 0.1) is 0 Å². The molecule has 0 aliphatic rings. The molecule has 140 valence electrons. The van der Waals surface area contributed by atoms with Crippen molar-refractivity contribution < 1.29 is 22.7 Å². The zero-order valence-corrected chi connectivity index (χ0v) is 14.7. The van der Waals surface area contributed by atoms with Gasteiger partial charge in [-0.3, -0.25) is 0 Å². The third kappa shape index (κ3) is 3.17. The Hall–Kier alpha value is -3.41. The van der Waals surface area contributed by atoms with Crippen molar-refractivity contribution in [1.29, 1.82) is 0 Å². The summed E-state index contributed by atoms with van der Waals surface area (Å²) in [6.07, 6.45) is -4.41. The summed E-state index contributed by atoms with van der Waals surface area (Å²) in [5.74, 6) is -0.445. The molecule has 6 heteroatoms. The van der Waals surface area contributed by atoms with Crippen LogP contribution in [0.1, 0.15) is 15.9 Å². The van der Waals surface area contributed by atoms with E-state index in [0.717, 1.165) is 22.9 Å². The summed E-state index contributed by atoms with van der Waals surface area (Å²) in [4.78, 5) is 16.4. The molecular formula is C22H14F3NO2. The molecule has 0 N–H and O–H groups in total. The number of para-hydroxylation sites is 1. The Morgan fingerprint density at radius 1 is 0.929 bits per heavy atom. The Morgan fingerprint density at radius 2 is 1.71 bits per heavy atom. The van der Waals surface area contributed by atoms with Crippen LogP contribution in [0.25, 0.3) is 32.9 Å². The number of hydrogen-bond donors (Lipinski definition) is 0. The maximum absolute atomic E-state index is 13.1. The van der Waals surface area contributed by atoms with Crippen LogP contribution in [-0.4, -0.2) is 18.1 Å². The Labute approximate surface area is 158 Å². The van der Waals surface area contributed by atoms with Gasteiger partial charge in [0.05, 0.1) is 29.3 Å². The first kappa shape index (κ1) is 18.0. The van der Waals surface area contributed by atoms with Crippen LogP contribution < -0.4 is 0 Å². The molecule has 0 fully saturated rings. The molecule has 0 aliphatic carbocycles. The van der Waals surface area contributed by atoms with Crippen LogP contribution in [0.3, 0.4) is 0 Å². The number of benzene rings is 3. The van der Waals surface area contributed by atoms with Gasteiger partial charge in [0, 0.05) is 16.3 Å². The summed E-state index contributed by atoms with van der Waals surface area (Å²) in [6.45, 7) is 0. The fraction of sp³-hybridized carbons (Fsp3) is 0.0909. The largest absolute Gasteiger partial charge is 0.465 e. The van der Waals surface area contributed by atoms with E-state index in [-0.39, 0.29) is 0 Å². The van der Waals surface area contributed by atoms with Crippen molar-refractivity contribution in [3.05, 3.63) is 77.9 Å². The average molecular weight is 381 g/mol. The molecule has 3 nitrogen and oxygen atoms in total. The van der Waals surface area contributed by atoms with Crippen molar-refractivity contribution in [2.45, 2.75) is 6.18 Å². The number of nitrogens with zero attached hydrogens (tertiary/aromatic N) is 1. The highest BCUT2D eigenvalue weighted by atomic mass is 19.4. The summed E-state index contributed by atoms with van der Waals surface area (Å²) in [6, 6.07) is 17.4. The smallest absolute Gasteiger partial charge is 0.416 e. The lowest BCUT2D eigenvalue weighted by atomic mass is 9.99. The molecule has 1 aromatic heterocycles. The summed E-state index contributed by atoms with van der Waals surface area (Å²) in [5, 5.41) is 1.51. The quantitative estimate of drug-likeness (QED) is 0.322. The van der Waals surface area contributed by atoms with Crippen molar-refractivity contribution in [3.63, 3.8) is 0 Å². The van der Waals surface area contributed by atoms with E-state index < -0.39 is 17.7 Å². The lowest BCUT2D eigenvalue weighted by Crippen LogP contribution is -2.04. The first-order valence-corrected chi connectivity index (χ1v) is 8.46. The molecule has 0 unspecified atom stereocenters. The van der Waals surface area contributed by atoms with Crippen LogP contribution in [-0.2, 0) is 10.9 Å². The van der Waals surface area contributed by atoms with Gasteiger partial charge in [-0.15, -0.1) is 0 Å². The van der Waals surface area contributed by atoms with Crippen molar-refractivity contribution >= 4 is 27.8 Å². The molecule has 0 saturated carbocycles. The molecule has 0 amide bonds. The van der Waals surface area contributed by atoms with E-state index >= 15 is 0 Å². The third-order valence-electron chi connectivity index (χ3n) is 4.56. The minimum absolute atomic E-state index is 0.408. The fourth-order valence-electron chi connectivity index (χ4n) is 3.20. The van der Waals surface area contributed by atoms with E-state index in [0.29, 0.717) is 27.7 Å². The monoisotopic (exact) mass is 381 g/mol. The number of carbonyl (C=O) groups is 1. The Kier molecular flexibility index (Phi) is 4.26. The van der Waals surface area contributed by atoms with Gasteiger partial charge >= 0.3 is 12.1 Å². The summed E-state index contributed by atoms with van der Waals surface area (Å²) in [7, 11) is 1.31. The van der Waals surface area contributed by atoms with E-state index in [2.05, 4.69) is 4.98 Å². The molecule has 0 saturated heterocycles. The number of halogens is 3. The van der Waals surface area contributed by atoms with Gasteiger partial charge in [-0.25, -0.2) is 9.78 Å². The van der Waals surface area contributed by atoms with E-state index in [1.807, 2.05) is 12.1 Å². The van der Waals surface area contributed by atoms with Crippen LogP contribution >= 0.6 is 0 Å². The zero-order chi connectivity index (χ0) is 19.9. The normalized spacial score (nSPS) is 11.7. The van der Waals surface area contributed by atoms with Gasteiger partial charge in [-0.1, -0.05) is 30.3 Å². The summed E-state index contributed by atoms with van der Waals surface area (Å²) < 4.78 is 44.0. The molecule has 4 aromatic rings. The fourth-order valence-corrected chi connectivity index (χ4v) is 3.20. The average Bonchev–Trinajstić information content (AvgIpc) is 2.70. The SMILES string of the molecule is COC(=O)c1ccc2nc3c(-c4cccc(C(F)(F)F)c4)cccc3cc2c1. The highest BCUT2D eigenvalue weighted by molar-refractivity contribution is 6.02. The second-order valence-electron chi connectivity index (χ2n) is 6.34. The van der Waals surface area contributed by atoms with E-state index in [9.17, 15) is 18.0 Å².